The summed E-state index contributed by atoms with van der Waals surface area (Å²) in [4.78, 5) is 28.2. The molecule has 0 spiro atoms. The van der Waals surface area contributed by atoms with Crippen LogP contribution in [0.4, 0.5) is 0 Å². The minimum Gasteiger partial charge on any atom is -0.497 e. The van der Waals surface area contributed by atoms with Crippen molar-refractivity contribution in [2.75, 3.05) is 14.2 Å². The lowest BCUT2D eigenvalue weighted by Gasteiger charge is -2.31. The Labute approximate surface area is 190 Å². The van der Waals surface area contributed by atoms with Gasteiger partial charge in [0.25, 0.3) is 0 Å². The van der Waals surface area contributed by atoms with E-state index in [1.165, 1.54) is 0 Å². The molecule has 0 aliphatic heterocycles. The van der Waals surface area contributed by atoms with Gasteiger partial charge in [-0.05, 0) is 35.7 Å². The van der Waals surface area contributed by atoms with Crippen LogP contribution in [0.2, 0.25) is 0 Å². The number of likely N-dealkylation sites (N-methyl/N-ethyl adjacent to an activating group) is 1. The molecule has 3 rings (SSSR count). The predicted octanol–water partition coefficient (Wildman–Crippen LogP) is 3.93. The Kier molecular flexibility index (Phi) is 8.03. The van der Waals surface area contributed by atoms with Crippen LogP contribution in [0.5, 0.6) is 5.75 Å². The van der Waals surface area contributed by atoms with Gasteiger partial charge >= 0.3 is 0 Å². The highest BCUT2D eigenvalue weighted by molar-refractivity contribution is 5.88. The molecule has 0 aromatic heterocycles. The molecule has 3 aromatic carbocycles. The molecule has 32 heavy (non-hydrogen) atoms. The van der Waals surface area contributed by atoms with Crippen LogP contribution < -0.4 is 10.1 Å². The van der Waals surface area contributed by atoms with Crippen molar-refractivity contribution in [1.29, 1.82) is 0 Å². The molecule has 0 radical (unpaired) electrons. The molecule has 5 heteroatoms. The van der Waals surface area contributed by atoms with Crippen LogP contribution in [0.15, 0.2) is 78.9 Å². The van der Waals surface area contributed by atoms with Gasteiger partial charge in [0.15, 0.2) is 0 Å². The lowest BCUT2D eigenvalue weighted by molar-refractivity contribution is -0.140. The maximum absolute atomic E-state index is 13.5. The number of nitrogens with zero attached hydrogens (tertiary/aromatic N) is 1. The molecule has 0 aliphatic rings. The molecule has 0 bridgehead atoms. The fourth-order valence-corrected chi connectivity index (χ4v) is 3.75. The average Bonchev–Trinajstić information content (AvgIpc) is 2.82. The third-order valence-electron chi connectivity index (χ3n) is 5.47. The number of hydrogen-bond acceptors (Lipinski definition) is 3. The second kappa shape index (κ2) is 11.1. The number of aryl methyl sites for hydroxylation is 1. The fraction of sp³-hybridized carbons (Fsp3) is 0.259. The first-order chi connectivity index (χ1) is 15.5. The van der Waals surface area contributed by atoms with Crippen LogP contribution in [0.1, 0.15) is 22.3 Å². The van der Waals surface area contributed by atoms with E-state index in [2.05, 4.69) is 11.4 Å². The number of benzene rings is 3. The fourth-order valence-electron chi connectivity index (χ4n) is 3.75. The second-order valence-corrected chi connectivity index (χ2v) is 7.86. The Morgan fingerprint density at radius 1 is 0.906 bits per heavy atom. The van der Waals surface area contributed by atoms with E-state index in [0.29, 0.717) is 13.0 Å². The summed E-state index contributed by atoms with van der Waals surface area (Å²) in [5, 5.41) is 2.75. The molecule has 0 saturated carbocycles. The lowest BCUT2D eigenvalue weighted by atomic mass is 10.0. The van der Waals surface area contributed by atoms with Crippen LogP contribution in [0.25, 0.3) is 0 Å². The van der Waals surface area contributed by atoms with Crippen LogP contribution in [0, 0.1) is 6.92 Å². The van der Waals surface area contributed by atoms with Crippen LogP contribution in [-0.4, -0.2) is 36.9 Å². The predicted molar refractivity (Wildman–Crippen MR) is 126 cm³/mol. The van der Waals surface area contributed by atoms with Crippen LogP contribution >= 0.6 is 0 Å². The standard InChI is InChI=1S/C27H30N2O3/c1-20-8-7-11-23(16-20)19-29(26(30)18-22-12-14-24(32-3)15-13-22)25(27(31)28-2)17-21-9-5-4-6-10-21/h4-16,25H,17-19H2,1-3H3,(H,28,31)/t25-/m0/s1. The number of rotatable bonds is 9. The minimum absolute atomic E-state index is 0.0961. The van der Waals surface area contributed by atoms with Crippen LogP contribution in [0.3, 0.4) is 0 Å². The summed E-state index contributed by atoms with van der Waals surface area (Å²) in [6.45, 7) is 2.38. The third-order valence-corrected chi connectivity index (χ3v) is 5.47. The first-order valence-electron chi connectivity index (χ1n) is 10.7. The SMILES string of the molecule is CNC(=O)[C@H](Cc1ccccc1)N(Cc1cccc(C)c1)C(=O)Cc1ccc(OC)cc1. The van der Waals surface area contributed by atoms with Crippen LogP contribution in [-0.2, 0) is 29.0 Å². The van der Waals surface area contributed by atoms with Gasteiger partial charge in [0.05, 0.1) is 13.5 Å². The van der Waals surface area contributed by atoms with E-state index < -0.39 is 6.04 Å². The van der Waals surface area contributed by atoms with Gasteiger partial charge in [-0.2, -0.15) is 0 Å². The summed E-state index contributed by atoms with van der Waals surface area (Å²) in [7, 11) is 3.22. The van der Waals surface area contributed by atoms with Gasteiger partial charge in [-0.3, -0.25) is 9.59 Å². The van der Waals surface area contributed by atoms with E-state index in [0.717, 1.165) is 28.0 Å². The van der Waals surface area contributed by atoms with E-state index in [1.54, 1.807) is 19.1 Å². The molecular weight excluding hydrogens is 400 g/mol. The summed E-state index contributed by atoms with van der Waals surface area (Å²) in [5.74, 6) is 0.468. The summed E-state index contributed by atoms with van der Waals surface area (Å²) < 4.78 is 5.21. The highest BCUT2D eigenvalue weighted by Crippen LogP contribution is 2.18. The summed E-state index contributed by atoms with van der Waals surface area (Å²) in [5.41, 5.74) is 3.99. The summed E-state index contributed by atoms with van der Waals surface area (Å²) in [6, 6.07) is 24.7. The second-order valence-electron chi connectivity index (χ2n) is 7.86. The van der Waals surface area contributed by atoms with Gasteiger partial charge in [0.2, 0.25) is 11.8 Å². The van der Waals surface area contributed by atoms with E-state index in [1.807, 2.05) is 79.7 Å². The zero-order chi connectivity index (χ0) is 22.9. The maximum Gasteiger partial charge on any atom is 0.242 e. The Bertz CT molecular complexity index is 1030. The van der Waals surface area contributed by atoms with Crippen molar-refractivity contribution in [3.63, 3.8) is 0 Å². The maximum atomic E-state index is 13.5. The van der Waals surface area contributed by atoms with Gasteiger partial charge in [-0.1, -0.05) is 72.3 Å². The molecule has 0 heterocycles. The van der Waals surface area contributed by atoms with Crippen molar-refractivity contribution in [3.8, 4) is 5.75 Å². The third kappa shape index (κ3) is 6.20. The molecule has 3 aromatic rings. The quantitative estimate of drug-likeness (QED) is 0.560. The lowest BCUT2D eigenvalue weighted by Crippen LogP contribution is -2.50. The van der Waals surface area contributed by atoms with Crippen molar-refractivity contribution in [2.24, 2.45) is 0 Å². The average molecular weight is 431 g/mol. The van der Waals surface area contributed by atoms with E-state index in [9.17, 15) is 9.59 Å². The van der Waals surface area contributed by atoms with Crippen molar-refractivity contribution < 1.29 is 14.3 Å². The molecule has 0 fully saturated rings. The highest BCUT2D eigenvalue weighted by atomic mass is 16.5. The molecule has 1 N–H and O–H groups in total. The molecule has 0 aliphatic carbocycles. The number of carbonyl (C=O) groups is 2. The van der Waals surface area contributed by atoms with Gasteiger partial charge in [-0.15, -0.1) is 0 Å². The summed E-state index contributed by atoms with van der Waals surface area (Å²) in [6.07, 6.45) is 0.652. The summed E-state index contributed by atoms with van der Waals surface area (Å²) >= 11 is 0. The Balaban J connectivity index is 1.92. The number of amides is 2. The largest absolute Gasteiger partial charge is 0.497 e. The number of hydrogen-bond donors (Lipinski definition) is 1. The molecule has 1 atom stereocenters. The van der Waals surface area contributed by atoms with E-state index >= 15 is 0 Å². The number of ether oxygens (including phenoxy) is 1. The van der Waals surface area contributed by atoms with E-state index in [-0.39, 0.29) is 18.2 Å². The number of carbonyl (C=O) groups excluding carboxylic acids is 2. The van der Waals surface area contributed by atoms with Gasteiger partial charge in [0, 0.05) is 20.0 Å². The zero-order valence-electron chi connectivity index (χ0n) is 18.9. The smallest absolute Gasteiger partial charge is 0.242 e. The number of nitrogens with one attached hydrogen (secondary N) is 1. The topological polar surface area (TPSA) is 58.6 Å². The Hall–Kier alpha value is -3.60. The van der Waals surface area contributed by atoms with Gasteiger partial charge in [-0.25, -0.2) is 0 Å². The molecule has 166 valence electrons. The Morgan fingerprint density at radius 2 is 1.59 bits per heavy atom. The Morgan fingerprint density at radius 3 is 2.22 bits per heavy atom. The number of methoxy groups -OCH3 is 1. The molecule has 2 amide bonds. The molecule has 0 saturated heterocycles. The van der Waals surface area contributed by atoms with E-state index in [4.69, 9.17) is 4.74 Å². The normalized spacial score (nSPS) is 11.5. The molecule has 5 nitrogen and oxygen atoms in total. The van der Waals surface area contributed by atoms with Crippen molar-refractivity contribution >= 4 is 11.8 Å². The van der Waals surface area contributed by atoms with Crippen molar-refractivity contribution in [1.82, 2.24) is 10.2 Å². The first-order valence-corrected chi connectivity index (χ1v) is 10.7. The molecular formula is C27H30N2O3. The minimum atomic E-state index is -0.617. The monoisotopic (exact) mass is 430 g/mol. The first kappa shape index (κ1) is 23.1. The van der Waals surface area contributed by atoms with Gasteiger partial charge in [0.1, 0.15) is 11.8 Å². The van der Waals surface area contributed by atoms with Crippen molar-refractivity contribution in [3.05, 3.63) is 101 Å². The molecule has 0 unspecified atom stereocenters. The highest BCUT2D eigenvalue weighted by Gasteiger charge is 2.29. The van der Waals surface area contributed by atoms with Crippen molar-refractivity contribution in [2.45, 2.75) is 32.4 Å². The zero-order valence-corrected chi connectivity index (χ0v) is 18.9. The van der Waals surface area contributed by atoms with Gasteiger partial charge < -0.3 is 15.0 Å².